The zero-order valence-corrected chi connectivity index (χ0v) is 13.5. The van der Waals surface area contributed by atoms with E-state index in [9.17, 15) is 9.90 Å². The van der Waals surface area contributed by atoms with Crippen LogP contribution in [0.25, 0.3) is 22.3 Å². The molecule has 24 heavy (non-hydrogen) atoms. The molecule has 0 saturated heterocycles. The Labute approximate surface area is 137 Å². The lowest BCUT2D eigenvalue weighted by molar-refractivity contribution is 0.373. The number of rotatable bonds is 4. The number of phenolic OH excluding ortho intramolecular Hbond substituents is 1. The van der Waals surface area contributed by atoms with Crippen molar-refractivity contribution in [1.82, 2.24) is 0 Å². The minimum absolute atomic E-state index is 0.0837. The van der Waals surface area contributed by atoms with Gasteiger partial charge in [-0.25, -0.2) is 0 Å². The molecule has 0 saturated carbocycles. The molecule has 0 radical (unpaired) electrons. The summed E-state index contributed by atoms with van der Waals surface area (Å²) in [6.07, 6.45) is 0. The summed E-state index contributed by atoms with van der Waals surface area (Å²) in [6.45, 7) is 0. The Morgan fingerprint density at radius 1 is 0.958 bits per heavy atom. The highest BCUT2D eigenvalue weighted by Gasteiger charge is 2.19. The van der Waals surface area contributed by atoms with Crippen LogP contribution in [0, 0.1) is 0 Å². The van der Waals surface area contributed by atoms with E-state index in [1.807, 2.05) is 0 Å². The van der Waals surface area contributed by atoms with Crippen LogP contribution in [-0.2, 0) is 0 Å². The number of methoxy groups -OCH3 is 3. The molecule has 0 amide bonds. The van der Waals surface area contributed by atoms with E-state index < -0.39 is 0 Å². The Hall–Kier alpha value is -3.15. The number of hydrogen-bond acceptors (Lipinski definition) is 6. The number of aromatic hydroxyl groups is 1. The fraction of sp³-hybridized carbons (Fsp3) is 0.167. The zero-order valence-electron chi connectivity index (χ0n) is 13.5. The third-order valence-electron chi connectivity index (χ3n) is 3.71. The van der Waals surface area contributed by atoms with Gasteiger partial charge in [-0.2, -0.15) is 0 Å². The molecule has 1 N–H and O–H groups in total. The standard InChI is InChI=1S/C18H16O6/c1-21-11-6-4-10(5-7-11)17-18(23-3)16(20)12-8-15(22-2)13(19)9-14(12)24-17/h4-9,19H,1-3H3. The first-order chi connectivity index (χ1) is 11.6. The van der Waals surface area contributed by atoms with Gasteiger partial charge in [-0.1, -0.05) is 0 Å². The van der Waals surface area contributed by atoms with Crippen LogP contribution in [0.3, 0.4) is 0 Å². The highest BCUT2D eigenvalue weighted by atomic mass is 16.5. The zero-order chi connectivity index (χ0) is 17.3. The quantitative estimate of drug-likeness (QED) is 0.792. The molecular formula is C18H16O6. The molecule has 0 fully saturated rings. The number of benzene rings is 2. The molecule has 0 unspecified atom stereocenters. The van der Waals surface area contributed by atoms with Gasteiger partial charge in [0, 0.05) is 11.6 Å². The molecule has 6 heteroatoms. The van der Waals surface area contributed by atoms with Crippen molar-refractivity contribution in [2.24, 2.45) is 0 Å². The van der Waals surface area contributed by atoms with Crippen molar-refractivity contribution in [2.45, 2.75) is 0 Å². The summed E-state index contributed by atoms with van der Waals surface area (Å²) in [5.74, 6) is 1.12. The van der Waals surface area contributed by atoms with Crippen molar-refractivity contribution in [2.75, 3.05) is 21.3 Å². The summed E-state index contributed by atoms with van der Waals surface area (Å²) in [5, 5.41) is 10.2. The van der Waals surface area contributed by atoms with E-state index in [4.69, 9.17) is 18.6 Å². The molecule has 2 aromatic carbocycles. The maximum atomic E-state index is 12.7. The highest BCUT2D eigenvalue weighted by Crippen LogP contribution is 2.35. The van der Waals surface area contributed by atoms with Gasteiger partial charge < -0.3 is 23.7 Å². The summed E-state index contributed by atoms with van der Waals surface area (Å²) in [6, 6.07) is 9.80. The van der Waals surface area contributed by atoms with Crippen LogP contribution in [0.15, 0.2) is 45.6 Å². The monoisotopic (exact) mass is 328 g/mol. The van der Waals surface area contributed by atoms with E-state index >= 15 is 0 Å². The molecule has 0 aliphatic heterocycles. The van der Waals surface area contributed by atoms with Gasteiger partial charge in [-0.3, -0.25) is 4.79 Å². The van der Waals surface area contributed by atoms with Gasteiger partial charge in [-0.15, -0.1) is 0 Å². The fourth-order valence-electron chi connectivity index (χ4n) is 2.47. The summed E-state index contributed by atoms with van der Waals surface area (Å²) >= 11 is 0. The van der Waals surface area contributed by atoms with Gasteiger partial charge in [0.1, 0.15) is 11.3 Å². The minimum Gasteiger partial charge on any atom is -0.504 e. The third kappa shape index (κ3) is 2.52. The molecule has 0 atom stereocenters. The number of ether oxygens (including phenoxy) is 3. The SMILES string of the molecule is COc1ccc(-c2oc3cc(O)c(OC)cc3c(=O)c2OC)cc1. The summed E-state index contributed by atoms with van der Waals surface area (Å²) in [7, 11) is 4.39. The van der Waals surface area contributed by atoms with E-state index in [1.54, 1.807) is 31.4 Å². The second-order valence-electron chi connectivity index (χ2n) is 5.04. The Morgan fingerprint density at radius 2 is 1.67 bits per heavy atom. The van der Waals surface area contributed by atoms with Gasteiger partial charge in [0.2, 0.25) is 11.2 Å². The van der Waals surface area contributed by atoms with Crippen molar-refractivity contribution in [3.8, 4) is 34.3 Å². The summed E-state index contributed by atoms with van der Waals surface area (Å²) in [4.78, 5) is 12.7. The van der Waals surface area contributed by atoms with Crippen molar-refractivity contribution < 1.29 is 23.7 Å². The lowest BCUT2D eigenvalue weighted by atomic mass is 10.1. The lowest BCUT2D eigenvalue weighted by Crippen LogP contribution is -2.07. The molecule has 0 aliphatic rings. The van der Waals surface area contributed by atoms with Crippen molar-refractivity contribution >= 4 is 11.0 Å². The maximum Gasteiger partial charge on any atom is 0.235 e. The highest BCUT2D eigenvalue weighted by molar-refractivity contribution is 5.85. The molecule has 0 bridgehead atoms. The molecular weight excluding hydrogens is 312 g/mol. The van der Waals surface area contributed by atoms with E-state index in [0.717, 1.165) is 0 Å². The molecule has 3 aromatic rings. The smallest absolute Gasteiger partial charge is 0.235 e. The Bertz CT molecular complexity index is 940. The molecule has 1 aromatic heterocycles. The van der Waals surface area contributed by atoms with Gasteiger partial charge in [0.15, 0.2) is 17.3 Å². The van der Waals surface area contributed by atoms with Gasteiger partial charge in [-0.05, 0) is 30.3 Å². The molecule has 3 rings (SSSR count). The topological polar surface area (TPSA) is 78.1 Å². The average molecular weight is 328 g/mol. The predicted molar refractivity (Wildman–Crippen MR) is 89.2 cm³/mol. The third-order valence-corrected chi connectivity index (χ3v) is 3.71. The Balaban J connectivity index is 2.29. The summed E-state index contributed by atoms with van der Waals surface area (Å²) < 4.78 is 21.2. The van der Waals surface area contributed by atoms with Crippen LogP contribution >= 0.6 is 0 Å². The van der Waals surface area contributed by atoms with Crippen molar-refractivity contribution in [3.63, 3.8) is 0 Å². The second kappa shape index (κ2) is 6.16. The maximum absolute atomic E-state index is 12.7. The molecule has 124 valence electrons. The van der Waals surface area contributed by atoms with Gasteiger partial charge in [0.05, 0.1) is 26.7 Å². The second-order valence-corrected chi connectivity index (χ2v) is 5.04. The van der Waals surface area contributed by atoms with Gasteiger partial charge in [0.25, 0.3) is 0 Å². The lowest BCUT2D eigenvalue weighted by Gasteiger charge is -2.11. The van der Waals surface area contributed by atoms with Gasteiger partial charge >= 0.3 is 0 Å². The van der Waals surface area contributed by atoms with Crippen molar-refractivity contribution in [3.05, 3.63) is 46.6 Å². The first-order valence-electron chi connectivity index (χ1n) is 7.15. The van der Waals surface area contributed by atoms with Crippen LogP contribution in [0.5, 0.6) is 23.0 Å². The van der Waals surface area contributed by atoms with Crippen LogP contribution in [0.2, 0.25) is 0 Å². The number of hydrogen-bond donors (Lipinski definition) is 1. The van der Waals surface area contributed by atoms with Crippen LogP contribution in [0.4, 0.5) is 0 Å². The van der Waals surface area contributed by atoms with E-state index in [-0.39, 0.29) is 39.4 Å². The van der Waals surface area contributed by atoms with Crippen LogP contribution in [-0.4, -0.2) is 26.4 Å². The predicted octanol–water partition coefficient (Wildman–Crippen LogP) is 3.19. The first kappa shape index (κ1) is 15.7. The molecule has 0 spiro atoms. The molecule has 1 heterocycles. The molecule has 6 nitrogen and oxygen atoms in total. The number of fused-ring (bicyclic) bond motifs is 1. The Morgan fingerprint density at radius 3 is 2.25 bits per heavy atom. The van der Waals surface area contributed by atoms with E-state index in [2.05, 4.69) is 0 Å². The Kier molecular flexibility index (Phi) is 4.04. The molecule has 0 aliphatic carbocycles. The average Bonchev–Trinajstić information content (AvgIpc) is 2.61. The van der Waals surface area contributed by atoms with Crippen molar-refractivity contribution in [1.29, 1.82) is 0 Å². The number of phenols is 1. The van der Waals surface area contributed by atoms with E-state index in [1.165, 1.54) is 26.4 Å². The minimum atomic E-state index is -0.345. The first-order valence-corrected chi connectivity index (χ1v) is 7.15. The van der Waals surface area contributed by atoms with Crippen LogP contribution in [0.1, 0.15) is 0 Å². The largest absolute Gasteiger partial charge is 0.504 e. The summed E-state index contributed by atoms with van der Waals surface area (Å²) in [5.41, 5.74) is 0.551. The van der Waals surface area contributed by atoms with Crippen LogP contribution < -0.4 is 19.6 Å². The normalized spacial score (nSPS) is 10.6. The fourth-order valence-corrected chi connectivity index (χ4v) is 2.47. The van der Waals surface area contributed by atoms with E-state index in [0.29, 0.717) is 11.3 Å².